The molecule has 25 heavy (non-hydrogen) atoms. The molecule has 2 aromatic carbocycles. The van der Waals surface area contributed by atoms with Crippen molar-refractivity contribution in [1.29, 1.82) is 0 Å². The van der Waals surface area contributed by atoms with Gasteiger partial charge >= 0.3 is 0 Å². The van der Waals surface area contributed by atoms with Gasteiger partial charge in [-0.1, -0.05) is 43.1 Å². The summed E-state index contributed by atoms with van der Waals surface area (Å²) in [5, 5.41) is 15.4. The van der Waals surface area contributed by atoms with E-state index in [0.29, 0.717) is 11.4 Å². The molecular formula is C16H15Cl2N3O3S. The maximum atomic E-state index is 12.5. The van der Waals surface area contributed by atoms with E-state index in [9.17, 15) is 13.5 Å². The molecule has 3 N–H and O–H groups in total. The molecule has 0 unspecified atom stereocenters. The molecule has 0 bridgehead atoms. The summed E-state index contributed by atoms with van der Waals surface area (Å²) in [4.78, 5) is 0.131. The Kier molecular flexibility index (Phi) is 4.57. The first-order valence-corrected chi connectivity index (χ1v) is 9.58. The zero-order valence-electron chi connectivity index (χ0n) is 13.3. The SMILES string of the molecule is CC(C)c1ccc2c(c1)S(=O)(=O)N=C(Nc1cc(Cl)c(O)c(Cl)c1)N2. The van der Waals surface area contributed by atoms with E-state index in [4.69, 9.17) is 23.2 Å². The fourth-order valence-corrected chi connectivity index (χ4v) is 3.96. The number of phenolic OH excluding ortho intramolecular Hbond substituents is 1. The number of guanidine groups is 1. The topological polar surface area (TPSA) is 90.8 Å². The van der Waals surface area contributed by atoms with Gasteiger partial charge in [0, 0.05) is 5.69 Å². The summed E-state index contributed by atoms with van der Waals surface area (Å²) in [5.41, 5.74) is 1.72. The van der Waals surface area contributed by atoms with Gasteiger partial charge in [0.2, 0.25) is 5.96 Å². The van der Waals surface area contributed by atoms with Crippen molar-refractivity contribution in [3.05, 3.63) is 45.9 Å². The number of aromatic hydroxyl groups is 1. The number of rotatable bonds is 2. The highest BCUT2D eigenvalue weighted by molar-refractivity contribution is 7.90. The second-order valence-corrected chi connectivity index (χ2v) is 8.25. The molecule has 6 nitrogen and oxygen atoms in total. The Bertz CT molecular complexity index is 965. The first-order chi connectivity index (χ1) is 11.7. The van der Waals surface area contributed by atoms with Gasteiger partial charge in [-0.25, -0.2) is 0 Å². The van der Waals surface area contributed by atoms with Crippen LogP contribution in [0.25, 0.3) is 0 Å². The fourth-order valence-electron chi connectivity index (χ4n) is 2.36. The minimum absolute atomic E-state index is 0.0163. The molecule has 0 spiro atoms. The van der Waals surface area contributed by atoms with Crippen molar-refractivity contribution in [3.8, 4) is 5.75 Å². The monoisotopic (exact) mass is 399 g/mol. The summed E-state index contributed by atoms with van der Waals surface area (Å²) in [5.74, 6) is -0.0282. The number of nitrogens with one attached hydrogen (secondary N) is 2. The highest BCUT2D eigenvalue weighted by Crippen LogP contribution is 2.35. The highest BCUT2D eigenvalue weighted by atomic mass is 35.5. The number of nitrogens with zero attached hydrogens (tertiary/aromatic N) is 1. The maximum Gasteiger partial charge on any atom is 0.287 e. The van der Waals surface area contributed by atoms with Gasteiger partial charge in [-0.3, -0.25) is 0 Å². The predicted octanol–water partition coefficient (Wildman–Crippen LogP) is 4.40. The quantitative estimate of drug-likeness (QED) is 0.650. The standard InChI is InChI=1S/C16H15Cl2N3O3S/c1-8(2)9-3-4-13-14(5-9)25(23,24)21-16(20-13)19-10-6-11(17)15(22)12(18)7-10/h3-8,22H,1-2H3,(H2,19,20,21). The number of hydrogen-bond acceptors (Lipinski definition) is 5. The van der Waals surface area contributed by atoms with Gasteiger partial charge < -0.3 is 15.7 Å². The lowest BCUT2D eigenvalue weighted by Gasteiger charge is -2.20. The van der Waals surface area contributed by atoms with E-state index in [0.717, 1.165) is 5.56 Å². The fraction of sp³-hybridized carbons (Fsp3) is 0.188. The third kappa shape index (κ3) is 3.53. The van der Waals surface area contributed by atoms with E-state index in [2.05, 4.69) is 15.0 Å². The first kappa shape index (κ1) is 17.8. The lowest BCUT2D eigenvalue weighted by Crippen LogP contribution is -2.28. The zero-order valence-corrected chi connectivity index (χ0v) is 15.7. The normalized spacial score (nSPS) is 15.3. The Labute approximate surface area is 155 Å². The van der Waals surface area contributed by atoms with Crippen LogP contribution in [0.2, 0.25) is 10.0 Å². The number of benzene rings is 2. The number of phenols is 1. The summed E-state index contributed by atoms with van der Waals surface area (Å²) in [6.07, 6.45) is 0. The molecule has 0 radical (unpaired) electrons. The molecule has 0 amide bonds. The van der Waals surface area contributed by atoms with E-state index in [1.807, 2.05) is 19.9 Å². The Morgan fingerprint density at radius 1 is 1.16 bits per heavy atom. The van der Waals surface area contributed by atoms with Crippen LogP contribution in [-0.2, 0) is 10.0 Å². The number of fused-ring (bicyclic) bond motifs is 1. The number of halogens is 2. The average molecular weight is 400 g/mol. The van der Waals surface area contributed by atoms with Gasteiger partial charge in [-0.05, 0) is 35.7 Å². The van der Waals surface area contributed by atoms with E-state index < -0.39 is 10.0 Å². The molecular weight excluding hydrogens is 385 g/mol. The first-order valence-electron chi connectivity index (χ1n) is 7.38. The van der Waals surface area contributed by atoms with Crippen molar-refractivity contribution in [2.45, 2.75) is 24.7 Å². The molecule has 1 heterocycles. The smallest absolute Gasteiger partial charge is 0.287 e. The molecule has 1 aliphatic rings. The summed E-state index contributed by atoms with van der Waals surface area (Å²) in [7, 11) is -3.85. The van der Waals surface area contributed by atoms with Crippen LogP contribution in [0.3, 0.4) is 0 Å². The van der Waals surface area contributed by atoms with Gasteiger partial charge in [0.25, 0.3) is 10.0 Å². The van der Waals surface area contributed by atoms with Crippen LogP contribution in [0, 0.1) is 0 Å². The molecule has 2 aromatic rings. The van der Waals surface area contributed by atoms with Gasteiger partial charge in [-0.2, -0.15) is 8.42 Å². The highest BCUT2D eigenvalue weighted by Gasteiger charge is 2.26. The summed E-state index contributed by atoms with van der Waals surface area (Å²) in [6.45, 7) is 3.97. The van der Waals surface area contributed by atoms with E-state index in [-0.39, 0.29) is 32.6 Å². The molecule has 0 atom stereocenters. The Morgan fingerprint density at radius 3 is 2.40 bits per heavy atom. The van der Waals surface area contributed by atoms with Crippen molar-refractivity contribution in [2.24, 2.45) is 4.40 Å². The van der Waals surface area contributed by atoms with Gasteiger partial charge in [0.15, 0.2) is 5.75 Å². The second-order valence-electron chi connectivity index (χ2n) is 5.86. The summed E-state index contributed by atoms with van der Waals surface area (Å²) < 4.78 is 28.7. The van der Waals surface area contributed by atoms with Crippen LogP contribution in [-0.4, -0.2) is 19.5 Å². The van der Waals surface area contributed by atoms with Gasteiger partial charge in [0.1, 0.15) is 4.90 Å². The molecule has 1 aliphatic heterocycles. The molecule has 0 fully saturated rings. The number of anilines is 2. The second kappa shape index (κ2) is 6.40. The molecule has 0 aliphatic carbocycles. The van der Waals surface area contributed by atoms with E-state index in [1.165, 1.54) is 12.1 Å². The third-order valence-corrected chi connectivity index (χ3v) is 5.59. The van der Waals surface area contributed by atoms with E-state index >= 15 is 0 Å². The molecule has 132 valence electrons. The molecule has 0 saturated heterocycles. The molecule has 0 aromatic heterocycles. The molecule has 0 saturated carbocycles. The number of hydrogen-bond donors (Lipinski definition) is 3. The Hall–Kier alpha value is -1.96. The summed E-state index contributed by atoms with van der Waals surface area (Å²) >= 11 is 11.7. The Balaban J connectivity index is 1.96. The third-order valence-electron chi connectivity index (χ3n) is 3.69. The van der Waals surface area contributed by atoms with Crippen LogP contribution in [0.5, 0.6) is 5.75 Å². The Morgan fingerprint density at radius 2 is 1.80 bits per heavy atom. The van der Waals surface area contributed by atoms with Crippen LogP contribution < -0.4 is 10.6 Å². The average Bonchev–Trinajstić information content (AvgIpc) is 2.51. The lowest BCUT2D eigenvalue weighted by molar-refractivity contribution is 0.476. The maximum absolute atomic E-state index is 12.5. The van der Waals surface area contributed by atoms with E-state index in [1.54, 1.807) is 12.1 Å². The minimum Gasteiger partial charge on any atom is -0.505 e. The van der Waals surface area contributed by atoms with Crippen LogP contribution >= 0.6 is 23.2 Å². The molecule has 9 heteroatoms. The molecule has 3 rings (SSSR count). The summed E-state index contributed by atoms with van der Waals surface area (Å²) in [6, 6.07) is 8.02. The zero-order chi connectivity index (χ0) is 18.4. The largest absolute Gasteiger partial charge is 0.505 e. The van der Waals surface area contributed by atoms with Crippen molar-refractivity contribution < 1.29 is 13.5 Å². The minimum atomic E-state index is -3.85. The van der Waals surface area contributed by atoms with Gasteiger partial charge in [-0.15, -0.1) is 4.40 Å². The van der Waals surface area contributed by atoms with Crippen LogP contribution in [0.4, 0.5) is 11.4 Å². The number of sulfonamides is 1. The van der Waals surface area contributed by atoms with Crippen molar-refractivity contribution in [2.75, 3.05) is 10.6 Å². The van der Waals surface area contributed by atoms with Crippen molar-refractivity contribution >= 4 is 50.6 Å². The van der Waals surface area contributed by atoms with Crippen molar-refractivity contribution in [3.63, 3.8) is 0 Å². The van der Waals surface area contributed by atoms with Gasteiger partial charge in [0.05, 0.1) is 15.7 Å². The lowest BCUT2D eigenvalue weighted by atomic mass is 10.0. The van der Waals surface area contributed by atoms with Crippen molar-refractivity contribution in [1.82, 2.24) is 0 Å². The van der Waals surface area contributed by atoms with Crippen LogP contribution in [0.15, 0.2) is 39.6 Å². The van der Waals surface area contributed by atoms with Crippen LogP contribution in [0.1, 0.15) is 25.3 Å². The predicted molar refractivity (Wildman–Crippen MR) is 101 cm³/mol.